The van der Waals surface area contributed by atoms with E-state index in [1.54, 1.807) is 36.7 Å². The fourth-order valence-corrected chi connectivity index (χ4v) is 4.61. The Balaban J connectivity index is 1.68. The lowest BCUT2D eigenvalue weighted by molar-refractivity contribution is -0.0298. The average molecular weight is 465 g/mol. The Morgan fingerprint density at radius 3 is 2.73 bits per heavy atom. The molecule has 10 heteroatoms. The van der Waals surface area contributed by atoms with Gasteiger partial charge in [0.05, 0.1) is 11.2 Å². The van der Waals surface area contributed by atoms with E-state index in [1.807, 2.05) is 22.8 Å². The van der Waals surface area contributed by atoms with Crippen molar-refractivity contribution >= 4 is 38.3 Å². The molecule has 0 aliphatic carbocycles. The van der Waals surface area contributed by atoms with Gasteiger partial charge in [0.15, 0.2) is 15.5 Å². The van der Waals surface area contributed by atoms with Crippen LogP contribution in [0.5, 0.6) is 0 Å². The number of nitrogen functional groups attached to an aromatic ring is 1. The zero-order valence-corrected chi connectivity index (χ0v) is 18.9. The number of nitrogens with two attached hydrogens (primary N) is 1. The number of sulfone groups is 1. The molecule has 0 radical (unpaired) electrons. The van der Waals surface area contributed by atoms with E-state index in [4.69, 9.17) is 20.4 Å². The van der Waals surface area contributed by atoms with Crippen molar-refractivity contribution in [2.75, 3.05) is 23.9 Å². The molecule has 3 N–H and O–H groups in total. The summed E-state index contributed by atoms with van der Waals surface area (Å²) in [5.41, 5.74) is 9.63. The minimum atomic E-state index is -3.38. The molecule has 33 heavy (non-hydrogen) atoms. The number of hydrogen-bond acceptors (Lipinski definition) is 8. The summed E-state index contributed by atoms with van der Waals surface area (Å²) < 4.78 is 32.2. The summed E-state index contributed by atoms with van der Waals surface area (Å²) in [7, 11) is -3.38. The van der Waals surface area contributed by atoms with Gasteiger partial charge in [-0.1, -0.05) is 18.2 Å². The summed E-state index contributed by atoms with van der Waals surface area (Å²) in [6.45, 7) is 0.688. The van der Waals surface area contributed by atoms with Crippen LogP contribution in [0, 0.1) is 0 Å². The van der Waals surface area contributed by atoms with Gasteiger partial charge in [-0.3, -0.25) is 4.57 Å². The number of imidazole rings is 1. The van der Waals surface area contributed by atoms with Crippen molar-refractivity contribution in [3.63, 3.8) is 0 Å². The van der Waals surface area contributed by atoms with Crippen molar-refractivity contribution in [1.82, 2.24) is 19.5 Å². The number of fused-ring (bicyclic) bond motifs is 1. The highest BCUT2D eigenvalue weighted by Gasteiger charge is 2.22. The number of rotatable bonds is 5. The van der Waals surface area contributed by atoms with Gasteiger partial charge in [-0.15, -0.1) is 0 Å². The Labute approximate surface area is 191 Å². The third-order valence-electron chi connectivity index (χ3n) is 5.57. The number of nitrogens with one attached hydrogen (secondary N) is 1. The first-order chi connectivity index (χ1) is 15.9. The summed E-state index contributed by atoms with van der Waals surface area (Å²) in [4.78, 5) is 14.2. The van der Waals surface area contributed by atoms with E-state index in [1.165, 1.54) is 6.26 Å². The molecular weight excluding hydrogens is 440 g/mol. The maximum absolute atomic E-state index is 12.1. The fourth-order valence-electron chi connectivity index (χ4n) is 3.95. The maximum Gasteiger partial charge on any atom is 0.229 e. The van der Waals surface area contributed by atoms with Crippen LogP contribution in [0.4, 0.5) is 17.3 Å². The highest BCUT2D eigenvalue weighted by Crippen LogP contribution is 2.32. The first kappa shape index (κ1) is 21.4. The molecule has 1 aliphatic rings. The molecule has 1 unspecified atom stereocenters. The van der Waals surface area contributed by atoms with Crippen molar-refractivity contribution in [1.29, 1.82) is 0 Å². The Morgan fingerprint density at radius 1 is 1.12 bits per heavy atom. The van der Waals surface area contributed by atoms with E-state index in [2.05, 4.69) is 10.3 Å². The van der Waals surface area contributed by atoms with Gasteiger partial charge in [-0.25, -0.2) is 18.4 Å². The highest BCUT2D eigenvalue weighted by molar-refractivity contribution is 7.90. The van der Waals surface area contributed by atoms with E-state index in [9.17, 15) is 8.42 Å². The lowest BCUT2D eigenvalue weighted by atomic mass is 10.1. The molecule has 2 aromatic heterocycles. The van der Waals surface area contributed by atoms with Gasteiger partial charge in [0.1, 0.15) is 17.4 Å². The standard InChI is InChI=1S/C23H24N6O3S/c1-33(30,31)18-9-4-6-15(12-18)20-21-22(29(14-25-21)19-10-2-3-11-32-19)28-23(27-20)26-17-8-5-7-16(24)13-17/h4-9,12-14,19H,2-3,10-11,24H2,1H3,(H,26,27,28). The Hall–Kier alpha value is -3.50. The summed E-state index contributed by atoms with van der Waals surface area (Å²) in [5, 5.41) is 3.21. The predicted octanol–water partition coefficient (Wildman–Crippen LogP) is 3.92. The lowest BCUT2D eigenvalue weighted by Gasteiger charge is -2.24. The fraction of sp³-hybridized carbons (Fsp3) is 0.261. The molecule has 4 aromatic rings. The second kappa shape index (κ2) is 8.45. The molecule has 3 heterocycles. The predicted molar refractivity (Wildman–Crippen MR) is 127 cm³/mol. The summed E-state index contributed by atoms with van der Waals surface area (Å²) >= 11 is 0. The average Bonchev–Trinajstić information content (AvgIpc) is 3.23. The van der Waals surface area contributed by atoms with Crippen LogP contribution in [-0.4, -0.2) is 40.8 Å². The molecule has 5 rings (SSSR count). The molecule has 1 saturated heterocycles. The van der Waals surface area contributed by atoms with Gasteiger partial charge in [-0.2, -0.15) is 4.98 Å². The lowest BCUT2D eigenvalue weighted by Crippen LogP contribution is -2.18. The first-order valence-electron chi connectivity index (χ1n) is 10.7. The Morgan fingerprint density at radius 2 is 1.97 bits per heavy atom. The molecule has 1 aliphatic heterocycles. The molecule has 1 atom stereocenters. The minimum Gasteiger partial charge on any atom is -0.399 e. The molecule has 0 amide bonds. The normalized spacial score (nSPS) is 16.7. The van der Waals surface area contributed by atoms with Crippen LogP contribution < -0.4 is 11.1 Å². The van der Waals surface area contributed by atoms with Gasteiger partial charge in [0.2, 0.25) is 5.95 Å². The van der Waals surface area contributed by atoms with E-state index >= 15 is 0 Å². The SMILES string of the molecule is CS(=O)(=O)c1cccc(-c2nc(Nc3cccc(N)c3)nc3c2ncn3C2CCCCO2)c1. The molecule has 1 fully saturated rings. The highest BCUT2D eigenvalue weighted by atomic mass is 32.2. The zero-order valence-electron chi connectivity index (χ0n) is 18.1. The van der Waals surface area contributed by atoms with Crippen LogP contribution in [-0.2, 0) is 14.6 Å². The first-order valence-corrected chi connectivity index (χ1v) is 12.6. The van der Waals surface area contributed by atoms with Crippen LogP contribution in [0.15, 0.2) is 59.8 Å². The second-order valence-electron chi connectivity index (χ2n) is 8.09. The number of anilines is 3. The smallest absolute Gasteiger partial charge is 0.229 e. The van der Waals surface area contributed by atoms with Gasteiger partial charge in [-0.05, 0) is 49.6 Å². The van der Waals surface area contributed by atoms with E-state index < -0.39 is 9.84 Å². The Kier molecular flexibility index (Phi) is 5.47. The minimum absolute atomic E-state index is 0.158. The van der Waals surface area contributed by atoms with E-state index in [-0.39, 0.29) is 11.1 Å². The van der Waals surface area contributed by atoms with Crippen LogP contribution >= 0.6 is 0 Å². The summed E-state index contributed by atoms with van der Waals surface area (Å²) in [6.07, 6.45) is 5.70. The van der Waals surface area contributed by atoms with Crippen LogP contribution in [0.25, 0.3) is 22.4 Å². The molecule has 2 aromatic carbocycles. The van der Waals surface area contributed by atoms with Crippen molar-refractivity contribution < 1.29 is 13.2 Å². The molecule has 0 spiro atoms. The van der Waals surface area contributed by atoms with Gasteiger partial charge in [0.25, 0.3) is 0 Å². The largest absolute Gasteiger partial charge is 0.399 e. The zero-order chi connectivity index (χ0) is 23.0. The number of aromatic nitrogens is 4. The number of ether oxygens (including phenoxy) is 1. The van der Waals surface area contributed by atoms with Gasteiger partial charge in [0, 0.05) is 29.8 Å². The van der Waals surface area contributed by atoms with E-state index in [0.717, 1.165) is 24.9 Å². The van der Waals surface area contributed by atoms with E-state index in [0.29, 0.717) is 40.7 Å². The maximum atomic E-state index is 12.1. The van der Waals surface area contributed by atoms with Crippen molar-refractivity contribution in [3.05, 3.63) is 54.9 Å². The van der Waals surface area contributed by atoms with Crippen LogP contribution in [0.1, 0.15) is 25.5 Å². The molecule has 0 saturated carbocycles. The van der Waals surface area contributed by atoms with Gasteiger partial charge >= 0.3 is 0 Å². The molecule has 0 bridgehead atoms. The third kappa shape index (κ3) is 4.39. The van der Waals surface area contributed by atoms with Crippen LogP contribution in [0.2, 0.25) is 0 Å². The second-order valence-corrected chi connectivity index (χ2v) is 10.1. The molecule has 9 nitrogen and oxygen atoms in total. The number of nitrogens with zero attached hydrogens (tertiary/aromatic N) is 4. The molecule has 170 valence electrons. The number of benzene rings is 2. The summed E-state index contributed by atoms with van der Waals surface area (Å²) in [6, 6.07) is 14.0. The van der Waals surface area contributed by atoms with Crippen molar-refractivity contribution in [2.45, 2.75) is 30.4 Å². The molecular formula is C23H24N6O3S. The Bertz CT molecular complexity index is 1430. The van der Waals surface area contributed by atoms with Gasteiger partial charge < -0.3 is 15.8 Å². The monoisotopic (exact) mass is 464 g/mol. The third-order valence-corrected chi connectivity index (χ3v) is 6.68. The summed E-state index contributed by atoms with van der Waals surface area (Å²) in [5.74, 6) is 0.352. The van der Waals surface area contributed by atoms with Crippen LogP contribution in [0.3, 0.4) is 0 Å². The van der Waals surface area contributed by atoms with Crippen molar-refractivity contribution in [2.24, 2.45) is 0 Å². The quantitative estimate of drug-likeness (QED) is 0.426. The number of hydrogen-bond donors (Lipinski definition) is 2. The van der Waals surface area contributed by atoms with Crippen molar-refractivity contribution in [3.8, 4) is 11.3 Å². The topological polar surface area (TPSA) is 125 Å².